The van der Waals surface area contributed by atoms with Crippen molar-refractivity contribution in [3.05, 3.63) is 23.1 Å². The van der Waals surface area contributed by atoms with E-state index in [1.54, 1.807) is 6.20 Å². The Morgan fingerprint density at radius 2 is 2.11 bits per heavy atom. The van der Waals surface area contributed by atoms with Crippen molar-refractivity contribution in [2.75, 3.05) is 6.61 Å². The molecule has 0 aliphatic heterocycles. The molecule has 0 atom stereocenters. The monoisotopic (exact) mass is 297 g/mol. The molecular formula is C13H20ClN3OSi. The molecule has 0 bridgehead atoms. The van der Waals surface area contributed by atoms with Crippen LogP contribution < -0.4 is 0 Å². The van der Waals surface area contributed by atoms with E-state index in [1.165, 1.54) is 0 Å². The fraction of sp³-hybridized carbons (Fsp3) is 0.538. The summed E-state index contributed by atoms with van der Waals surface area (Å²) in [7, 11) is -1.04. The maximum absolute atomic E-state index is 6.10. The van der Waals surface area contributed by atoms with E-state index < -0.39 is 8.07 Å². The van der Waals surface area contributed by atoms with Crippen LogP contribution in [0.4, 0.5) is 0 Å². The summed E-state index contributed by atoms with van der Waals surface area (Å²) in [4.78, 5) is 4.22. The Hall–Kier alpha value is -0.913. The normalized spacial score (nSPS) is 12.3. The minimum Gasteiger partial charge on any atom is -0.360 e. The van der Waals surface area contributed by atoms with Gasteiger partial charge in [0.25, 0.3) is 0 Å². The van der Waals surface area contributed by atoms with E-state index >= 15 is 0 Å². The predicted molar refractivity (Wildman–Crippen MR) is 81.4 cm³/mol. The number of hydrogen-bond donors (Lipinski definition) is 0. The zero-order chi connectivity index (χ0) is 14.0. The highest BCUT2D eigenvalue weighted by Gasteiger charge is 2.13. The van der Waals surface area contributed by atoms with Gasteiger partial charge in [-0.2, -0.15) is 5.10 Å². The number of aryl methyl sites for hydroxylation is 1. The second-order valence-electron chi connectivity index (χ2n) is 5.98. The van der Waals surface area contributed by atoms with Crippen LogP contribution in [0.3, 0.4) is 0 Å². The summed E-state index contributed by atoms with van der Waals surface area (Å²) in [5.41, 5.74) is 1.87. The van der Waals surface area contributed by atoms with Crippen LogP contribution in [0, 0.1) is 6.92 Å². The molecule has 0 radical (unpaired) electrons. The van der Waals surface area contributed by atoms with Crippen LogP contribution in [-0.2, 0) is 11.5 Å². The minimum atomic E-state index is -1.04. The van der Waals surface area contributed by atoms with Crippen LogP contribution in [0.25, 0.3) is 10.9 Å². The van der Waals surface area contributed by atoms with Gasteiger partial charge in [0.1, 0.15) is 11.9 Å². The van der Waals surface area contributed by atoms with E-state index in [0.29, 0.717) is 11.9 Å². The fourth-order valence-corrected chi connectivity index (χ4v) is 2.82. The molecule has 2 aromatic rings. The molecule has 0 aromatic carbocycles. The maximum atomic E-state index is 6.10. The van der Waals surface area contributed by atoms with Gasteiger partial charge >= 0.3 is 0 Å². The topological polar surface area (TPSA) is 39.9 Å². The van der Waals surface area contributed by atoms with E-state index in [2.05, 4.69) is 29.7 Å². The third kappa shape index (κ3) is 3.78. The zero-order valence-electron chi connectivity index (χ0n) is 11.9. The summed E-state index contributed by atoms with van der Waals surface area (Å²) in [6.45, 7) is 10.2. The molecule has 0 aliphatic rings. The molecule has 0 amide bonds. The largest absolute Gasteiger partial charge is 0.360 e. The van der Waals surface area contributed by atoms with Crippen molar-refractivity contribution in [3.8, 4) is 0 Å². The first-order valence-corrected chi connectivity index (χ1v) is 10.5. The quantitative estimate of drug-likeness (QED) is 0.480. The predicted octanol–water partition coefficient (Wildman–Crippen LogP) is 3.71. The van der Waals surface area contributed by atoms with Gasteiger partial charge in [0.2, 0.25) is 0 Å². The molecule has 2 rings (SSSR count). The van der Waals surface area contributed by atoms with Crippen LogP contribution >= 0.6 is 11.6 Å². The summed E-state index contributed by atoms with van der Waals surface area (Å²) in [6.07, 6.45) is 1.74. The Labute approximate surface area is 119 Å². The van der Waals surface area contributed by atoms with Crippen LogP contribution in [0.15, 0.2) is 12.3 Å². The van der Waals surface area contributed by atoms with Crippen molar-refractivity contribution in [3.63, 3.8) is 0 Å². The minimum absolute atomic E-state index is 0.466. The fourth-order valence-electron chi connectivity index (χ4n) is 1.78. The average molecular weight is 298 g/mol. The van der Waals surface area contributed by atoms with Crippen LogP contribution in [0.5, 0.6) is 0 Å². The first-order chi connectivity index (χ1) is 8.87. The van der Waals surface area contributed by atoms with Crippen molar-refractivity contribution < 1.29 is 4.74 Å². The highest BCUT2D eigenvalue weighted by Crippen LogP contribution is 2.22. The maximum Gasteiger partial charge on any atom is 0.140 e. The second kappa shape index (κ2) is 5.61. The van der Waals surface area contributed by atoms with Crippen LogP contribution in [0.1, 0.15) is 5.69 Å². The zero-order valence-corrected chi connectivity index (χ0v) is 13.7. The van der Waals surface area contributed by atoms with Crippen molar-refractivity contribution in [1.29, 1.82) is 0 Å². The Kier molecular flexibility index (Phi) is 4.28. The van der Waals surface area contributed by atoms with E-state index in [0.717, 1.165) is 29.2 Å². The average Bonchev–Trinajstić information content (AvgIpc) is 2.66. The van der Waals surface area contributed by atoms with Crippen molar-refractivity contribution >= 4 is 30.6 Å². The van der Waals surface area contributed by atoms with Crippen LogP contribution in [0.2, 0.25) is 30.8 Å². The smallest absolute Gasteiger partial charge is 0.140 e. The lowest BCUT2D eigenvalue weighted by atomic mass is 10.3. The molecule has 19 heavy (non-hydrogen) atoms. The number of ether oxygens (including phenoxy) is 1. The third-order valence-corrected chi connectivity index (χ3v) is 4.92. The summed E-state index contributed by atoms with van der Waals surface area (Å²) >= 11 is 6.10. The third-order valence-electron chi connectivity index (χ3n) is 2.93. The van der Waals surface area contributed by atoms with Crippen molar-refractivity contribution in [2.45, 2.75) is 39.3 Å². The molecule has 2 heterocycles. The van der Waals surface area contributed by atoms with Gasteiger partial charge in [0.05, 0.1) is 17.1 Å². The molecule has 6 heteroatoms. The first-order valence-electron chi connectivity index (χ1n) is 6.43. The van der Waals surface area contributed by atoms with Crippen molar-refractivity contribution in [1.82, 2.24) is 14.8 Å². The highest BCUT2D eigenvalue weighted by molar-refractivity contribution is 6.76. The number of pyridine rings is 1. The highest BCUT2D eigenvalue weighted by atomic mass is 35.5. The van der Waals surface area contributed by atoms with Crippen molar-refractivity contribution in [2.24, 2.45) is 0 Å². The molecule has 0 saturated carbocycles. The van der Waals surface area contributed by atoms with Crippen LogP contribution in [-0.4, -0.2) is 29.4 Å². The lowest BCUT2D eigenvalue weighted by Crippen LogP contribution is -2.22. The number of nitrogens with zero attached hydrogens (tertiary/aromatic N) is 3. The Bertz CT molecular complexity index is 577. The van der Waals surface area contributed by atoms with Gasteiger partial charge in [-0.15, -0.1) is 0 Å². The van der Waals surface area contributed by atoms with E-state index in [-0.39, 0.29) is 0 Å². The SMILES string of the molecule is Cc1cc2c(cnn2COCC[Si](C)(C)C)c(Cl)n1. The summed E-state index contributed by atoms with van der Waals surface area (Å²) in [6, 6.07) is 3.14. The Morgan fingerprint density at radius 1 is 1.37 bits per heavy atom. The molecule has 4 nitrogen and oxygen atoms in total. The van der Waals surface area contributed by atoms with E-state index in [4.69, 9.17) is 16.3 Å². The lowest BCUT2D eigenvalue weighted by Gasteiger charge is -2.15. The molecule has 104 valence electrons. The summed E-state index contributed by atoms with van der Waals surface area (Å²) < 4.78 is 7.55. The summed E-state index contributed by atoms with van der Waals surface area (Å²) in [5, 5.41) is 5.69. The van der Waals surface area contributed by atoms with E-state index in [9.17, 15) is 0 Å². The standard InChI is InChI=1S/C13H20ClN3OSi/c1-10-7-12-11(13(14)16-10)8-15-17(12)9-18-5-6-19(2,3)4/h7-8H,5-6,9H2,1-4H3. The Balaban J connectivity index is 2.05. The molecule has 0 unspecified atom stereocenters. The lowest BCUT2D eigenvalue weighted by molar-refractivity contribution is 0.0817. The molecule has 0 aliphatic carbocycles. The van der Waals surface area contributed by atoms with Gasteiger partial charge in [0.15, 0.2) is 0 Å². The van der Waals surface area contributed by atoms with Gasteiger partial charge in [-0.3, -0.25) is 0 Å². The number of fused-ring (bicyclic) bond motifs is 1. The number of hydrogen-bond acceptors (Lipinski definition) is 3. The second-order valence-corrected chi connectivity index (χ2v) is 12.0. The molecular weight excluding hydrogens is 278 g/mol. The van der Waals surface area contributed by atoms with Gasteiger partial charge in [0, 0.05) is 20.4 Å². The number of aromatic nitrogens is 3. The molecule has 0 N–H and O–H groups in total. The molecule has 0 saturated heterocycles. The molecule has 0 spiro atoms. The van der Waals surface area contributed by atoms with Gasteiger partial charge < -0.3 is 4.74 Å². The number of rotatable bonds is 5. The van der Waals surface area contributed by atoms with Gasteiger partial charge in [-0.05, 0) is 19.0 Å². The number of halogens is 1. The van der Waals surface area contributed by atoms with Gasteiger partial charge in [-0.1, -0.05) is 31.2 Å². The summed E-state index contributed by atoms with van der Waals surface area (Å²) in [5.74, 6) is 0. The first kappa shape index (κ1) is 14.5. The molecule has 0 fully saturated rings. The van der Waals surface area contributed by atoms with E-state index in [1.807, 2.05) is 17.7 Å². The van der Waals surface area contributed by atoms with Gasteiger partial charge in [-0.25, -0.2) is 9.67 Å². The molecule has 2 aromatic heterocycles. The Morgan fingerprint density at radius 3 is 2.79 bits per heavy atom.